The number of nitrogens with zero attached hydrogens (tertiary/aromatic N) is 5. The number of ether oxygens (including phenoxy) is 1. The third-order valence-corrected chi connectivity index (χ3v) is 6.53. The number of piperidine rings is 1. The number of fused-ring (bicyclic) bond motifs is 1. The Morgan fingerprint density at radius 3 is 2.59 bits per heavy atom. The monoisotopic (exact) mass is 466 g/mol. The molecule has 2 aromatic heterocycles. The molecular formula is C25H34N6O3. The number of aromatic nitrogens is 5. The SMILES string of the molecule is CCOC(=O)C1CCN(C(c2cc3cc(CC)ccc3[nH]c2=O)c2nnnn2C(C)(C)C)CC1. The molecule has 1 saturated heterocycles. The molecule has 0 saturated carbocycles. The van der Waals surface area contributed by atoms with Gasteiger partial charge in [0.25, 0.3) is 5.56 Å². The van der Waals surface area contributed by atoms with E-state index in [9.17, 15) is 9.59 Å². The zero-order chi connectivity index (χ0) is 24.5. The first-order valence-electron chi connectivity index (χ1n) is 12.1. The predicted molar refractivity (Wildman–Crippen MR) is 130 cm³/mol. The maximum absolute atomic E-state index is 13.4. The molecule has 1 atom stereocenters. The Kier molecular flexibility index (Phi) is 6.84. The first-order valence-corrected chi connectivity index (χ1v) is 12.1. The number of aryl methyl sites for hydroxylation is 1. The van der Waals surface area contributed by atoms with Gasteiger partial charge in [-0.25, -0.2) is 4.68 Å². The fraction of sp³-hybridized carbons (Fsp3) is 0.560. The van der Waals surface area contributed by atoms with E-state index in [1.54, 1.807) is 4.68 Å². The number of likely N-dealkylation sites (tertiary alicyclic amines) is 1. The number of nitrogens with one attached hydrogen (secondary N) is 1. The Morgan fingerprint density at radius 2 is 1.94 bits per heavy atom. The van der Waals surface area contributed by atoms with E-state index in [1.165, 1.54) is 5.56 Å². The lowest BCUT2D eigenvalue weighted by molar-refractivity contribution is -0.149. The normalized spacial score (nSPS) is 16.6. The standard InChI is InChI=1S/C25H34N6O3/c1-6-16-8-9-20-18(14-16)15-19(23(32)26-20)21(22-27-28-29-31(22)25(3,4)5)30-12-10-17(11-13-30)24(33)34-7-2/h8-9,14-15,17,21H,6-7,10-13H2,1-5H3,(H,26,32). The predicted octanol–water partition coefficient (Wildman–Crippen LogP) is 3.20. The number of benzene rings is 1. The Balaban J connectivity index is 1.79. The van der Waals surface area contributed by atoms with E-state index >= 15 is 0 Å². The average Bonchev–Trinajstić information content (AvgIpc) is 3.30. The van der Waals surface area contributed by atoms with Crippen LogP contribution in [-0.4, -0.2) is 55.8 Å². The van der Waals surface area contributed by atoms with E-state index in [0.717, 1.165) is 17.3 Å². The highest BCUT2D eigenvalue weighted by Crippen LogP contribution is 2.33. The summed E-state index contributed by atoms with van der Waals surface area (Å²) in [5.41, 5.74) is 2.10. The second-order valence-corrected chi connectivity index (χ2v) is 9.91. The topological polar surface area (TPSA) is 106 Å². The summed E-state index contributed by atoms with van der Waals surface area (Å²) in [5.74, 6) is 0.352. The van der Waals surface area contributed by atoms with Gasteiger partial charge in [-0.2, -0.15) is 0 Å². The lowest BCUT2D eigenvalue weighted by Crippen LogP contribution is -2.43. The summed E-state index contributed by atoms with van der Waals surface area (Å²) in [5, 5.41) is 13.6. The van der Waals surface area contributed by atoms with Crippen molar-refractivity contribution in [2.45, 2.75) is 65.5 Å². The fourth-order valence-corrected chi connectivity index (χ4v) is 4.69. The van der Waals surface area contributed by atoms with Crippen molar-refractivity contribution in [2.75, 3.05) is 19.7 Å². The van der Waals surface area contributed by atoms with Gasteiger partial charge in [0.1, 0.15) is 6.04 Å². The highest BCUT2D eigenvalue weighted by molar-refractivity contribution is 5.80. The summed E-state index contributed by atoms with van der Waals surface area (Å²) >= 11 is 0. The van der Waals surface area contributed by atoms with Crippen molar-refractivity contribution in [3.8, 4) is 0 Å². The van der Waals surface area contributed by atoms with Gasteiger partial charge in [0.2, 0.25) is 0 Å². The first kappa shape index (κ1) is 24.1. The molecule has 4 rings (SSSR count). The number of tetrazole rings is 1. The summed E-state index contributed by atoms with van der Waals surface area (Å²) in [6.07, 6.45) is 2.24. The minimum Gasteiger partial charge on any atom is -0.466 e. The molecular weight excluding hydrogens is 432 g/mol. The van der Waals surface area contributed by atoms with Crippen molar-refractivity contribution in [3.05, 3.63) is 51.6 Å². The minimum atomic E-state index is -0.434. The van der Waals surface area contributed by atoms with Gasteiger partial charge in [-0.3, -0.25) is 14.5 Å². The van der Waals surface area contributed by atoms with Gasteiger partial charge in [-0.15, -0.1) is 5.10 Å². The Hall–Kier alpha value is -3.07. The van der Waals surface area contributed by atoms with E-state index in [-0.39, 0.29) is 23.0 Å². The number of carbonyl (C=O) groups excluding carboxylic acids is 1. The molecule has 3 heterocycles. The highest BCUT2D eigenvalue weighted by Gasteiger charge is 2.36. The quantitative estimate of drug-likeness (QED) is 0.556. The molecule has 1 aromatic carbocycles. The zero-order valence-corrected chi connectivity index (χ0v) is 20.7. The lowest BCUT2D eigenvalue weighted by atomic mass is 9.93. The van der Waals surface area contributed by atoms with Crippen molar-refractivity contribution in [1.29, 1.82) is 0 Å². The molecule has 0 radical (unpaired) electrons. The number of hydrogen-bond donors (Lipinski definition) is 1. The van der Waals surface area contributed by atoms with Crippen LogP contribution in [0.3, 0.4) is 0 Å². The molecule has 3 aromatic rings. The van der Waals surface area contributed by atoms with Gasteiger partial charge < -0.3 is 9.72 Å². The van der Waals surface area contributed by atoms with Crippen molar-refractivity contribution in [2.24, 2.45) is 5.92 Å². The number of esters is 1. The molecule has 0 amide bonds. The van der Waals surface area contributed by atoms with Crippen LogP contribution in [0, 0.1) is 5.92 Å². The van der Waals surface area contributed by atoms with Crippen LogP contribution < -0.4 is 5.56 Å². The van der Waals surface area contributed by atoms with E-state index in [1.807, 2.05) is 45.9 Å². The molecule has 9 nitrogen and oxygen atoms in total. The minimum absolute atomic E-state index is 0.127. The van der Waals surface area contributed by atoms with E-state index in [4.69, 9.17) is 4.74 Å². The highest BCUT2D eigenvalue weighted by atomic mass is 16.5. The number of carbonyl (C=O) groups is 1. The molecule has 1 aliphatic heterocycles. The zero-order valence-electron chi connectivity index (χ0n) is 20.7. The van der Waals surface area contributed by atoms with Crippen LogP contribution in [0.4, 0.5) is 0 Å². The van der Waals surface area contributed by atoms with E-state index in [0.29, 0.717) is 43.9 Å². The second kappa shape index (κ2) is 9.66. The Morgan fingerprint density at radius 1 is 1.21 bits per heavy atom. The molecule has 182 valence electrons. The smallest absolute Gasteiger partial charge is 0.309 e. The molecule has 0 bridgehead atoms. The van der Waals surface area contributed by atoms with Crippen LogP contribution in [0.2, 0.25) is 0 Å². The largest absolute Gasteiger partial charge is 0.466 e. The van der Waals surface area contributed by atoms with E-state index in [2.05, 4.69) is 38.4 Å². The summed E-state index contributed by atoms with van der Waals surface area (Å²) in [7, 11) is 0. The number of aromatic amines is 1. The number of rotatable bonds is 6. The number of pyridine rings is 1. The van der Waals surface area contributed by atoms with Crippen LogP contribution in [0.25, 0.3) is 10.9 Å². The molecule has 1 N–H and O–H groups in total. The average molecular weight is 467 g/mol. The van der Waals surface area contributed by atoms with Gasteiger partial charge in [0.15, 0.2) is 5.82 Å². The van der Waals surface area contributed by atoms with Crippen LogP contribution >= 0.6 is 0 Å². The van der Waals surface area contributed by atoms with Crippen molar-refractivity contribution < 1.29 is 9.53 Å². The Bertz CT molecular complexity index is 1220. The van der Waals surface area contributed by atoms with Crippen molar-refractivity contribution in [1.82, 2.24) is 30.1 Å². The van der Waals surface area contributed by atoms with Gasteiger partial charge >= 0.3 is 5.97 Å². The van der Waals surface area contributed by atoms with Crippen molar-refractivity contribution in [3.63, 3.8) is 0 Å². The van der Waals surface area contributed by atoms with Gasteiger partial charge in [-0.1, -0.05) is 13.0 Å². The van der Waals surface area contributed by atoms with Gasteiger partial charge in [0.05, 0.1) is 18.1 Å². The van der Waals surface area contributed by atoms with Crippen molar-refractivity contribution >= 4 is 16.9 Å². The molecule has 1 aliphatic rings. The maximum Gasteiger partial charge on any atom is 0.309 e. The summed E-state index contributed by atoms with van der Waals surface area (Å²) in [4.78, 5) is 30.9. The molecule has 1 fully saturated rings. The van der Waals surface area contributed by atoms with Gasteiger partial charge in [-0.05, 0) is 86.5 Å². The van der Waals surface area contributed by atoms with E-state index < -0.39 is 6.04 Å². The Labute approximate surface area is 199 Å². The molecule has 34 heavy (non-hydrogen) atoms. The first-order chi connectivity index (χ1) is 16.2. The number of H-pyrrole nitrogens is 1. The maximum atomic E-state index is 13.4. The second-order valence-electron chi connectivity index (χ2n) is 9.91. The third kappa shape index (κ3) is 4.75. The molecule has 9 heteroatoms. The summed E-state index contributed by atoms with van der Waals surface area (Å²) in [6, 6.07) is 7.65. The molecule has 0 aliphatic carbocycles. The number of hydrogen-bond acceptors (Lipinski definition) is 7. The summed E-state index contributed by atoms with van der Waals surface area (Å²) in [6.45, 7) is 11.7. The van der Waals surface area contributed by atoms with Gasteiger partial charge in [0, 0.05) is 24.2 Å². The van der Waals surface area contributed by atoms with Crippen LogP contribution in [-0.2, 0) is 21.5 Å². The summed E-state index contributed by atoms with van der Waals surface area (Å²) < 4.78 is 7.03. The molecule has 1 unspecified atom stereocenters. The fourth-order valence-electron chi connectivity index (χ4n) is 4.69. The van der Waals surface area contributed by atoms with Crippen LogP contribution in [0.15, 0.2) is 29.1 Å². The van der Waals surface area contributed by atoms with Crippen LogP contribution in [0.1, 0.15) is 70.5 Å². The molecule has 0 spiro atoms. The third-order valence-electron chi connectivity index (χ3n) is 6.53. The lowest BCUT2D eigenvalue weighted by Gasteiger charge is -2.37. The van der Waals surface area contributed by atoms with Crippen LogP contribution in [0.5, 0.6) is 0 Å².